The van der Waals surface area contributed by atoms with Crippen molar-refractivity contribution in [3.63, 3.8) is 0 Å². The van der Waals surface area contributed by atoms with E-state index in [1.165, 1.54) is 12.8 Å². The lowest BCUT2D eigenvalue weighted by Gasteiger charge is -2.32. The molecule has 0 aliphatic carbocycles. The third kappa shape index (κ3) is 5.04. The maximum Gasteiger partial charge on any atom is 0.139 e. The van der Waals surface area contributed by atoms with Crippen LogP contribution in [0.3, 0.4) is 0 Å². The standard InChI is InChI=1S/C17H34ClN5O2S/c1-3-22(17-15(25-17)13(10-26)20-11-24-4-2)14-9-23(21-16(14)18)12-6-5-7-19-8-12/h12-17,19-21,26H,3-11H2,1-2H3. The highest BCUT2D eigenvalue weighted by Gasteiger charge is 2.52. The van der Waals surface area contributed by atoms with Crippen molar-refractivity contribution in [2.24, 2.45) is 0 Å². The van der Waals surface area contributed by atoms with E-state index in [4.69, 9.17) is 21.1 Å². The smallest absolute Gasteiger partial charge is 0.139 e. The maximum atomic E-state index is 6.68. The normalized spacial score (nSPS) is 36.6. The predicted octanol–water partition coefficient (Wildman–Crippen LogP) is 0.421. The van der Waals surface area contributed by atoms with E-state index in [1.807, 2.05) is 6.92 Å². The summed E-state index contributed by atoms with van der Waals surface area (Å²) >= 11 is 11.2. The van der Waals surface area contributed by atoms with E-state index in [-0.39, 0.29) is 29.9 Å². The Balaban J connectivity index is 1.53. The first kappa shape index (κ1) is 21.1. The van der Waals surface area contributed by atoms with Crippen molar-refractivity contribution in [1.82, 2.24) is 26.0 Å². The molecule has 6 unspecified atom stereocenters. The highest BCUT2D eigenvalue weighted by atomic mass is 35.5. The molecule has 3 aliphatic heterocycles. The number of ether oxygens (including phenoxy) is 2. The topological polar surface area (TPSA) is 64.3 Å². The van der Waals surface area contributed by atoms with Gasteiger partial charge in [-0.2, -0.15) is 12.6 Å². The molecule has 3 heterocycles. The number of likely N-dealkylation sites (N-methyl/N-ethyl adjacent to an activating group) is 1. The molecule has 3 N–H and O–H groups in total. The largest absolute Gasteiger partial charge is 0.367 e. The Morgan fingerprint density at radius 2 is 2.31 bits per heavy atom. The van der Waals surface area contributed by atoms with Gasteiger partial charge < -0.3 is 14.8 Å². The van der Waals surface area contributed by atoms with Crippen molar-refractivity contribution in [3.8, 4) is 0 Å². The monoisotopic (exact) mass is 407 g/mol. The van der Waals surface area contributed by atoms with Crippen LogP contribution in [0.15, 0.2) is 0 Å². The molecule has 3 aliphatic rings. The van der Waals surface area contributed by atoms with E-state index in [1.54, 1.807) is 0 Å². The van der Waals surface area contributed by atoms with Gasteiger partial charge in [0.15, 0.2) is 0 Å². The van der Waals surface area contributed by atoms with Gasteiger partial charge in [0.2, 0.25) is 0 Å². The molecule has 0 aromatic carbocycles. The second kappa shape index (κ2) is 10.2. The van der Waals surface area contributed by atoms with Crippen molar-refractivity contribution in [2.45, 2.75) is 62.6 Å². The second-order valence-corrected chi connectivity index (χ2v) is 8.04. The van der Waals surface area contributed by atoms with E-state index >= 15 is 0 Å². The van der Waals surface area contributed by atoms with Crippen LogP contribution in [-0.2, 0) is 9.47 Å². The molecule has 6 atom stereocenters. The molecule has 3 saturated heterocycles. The van der Waals surface area contributed by atoms with Crippen molar-refractivity contribution in [2.75, 3.05) is 45.3 Å². The number of halogens is 1. The number of hydrogen-bond acceptors (Lipinski definition) is 8. The average molecular weight is 408 g/mol. The Kier molecular flexibility index (Phi) is 8.29. The Morgan fingerprint density at radius 1 is 1.46 bits per heavy atom. The summed E-state index contributed by atoms with van der Waals surface area (Å²) in [5.74, 6) is 0.721. The van der Waals surface area contributed by atoms with Crippen LogP contribution < -0.4 is 16.1 Å². The average Bonchev–Trinajstić information content (AvgIpc) is 3.35. The van der Waals surface area contributed by atoms with E-state index in [0.29, 0.717) is 19.4 Å². The number of epoxide rings is 1. The number of hydrogen-bond donors (Lipinski definition) is 4. The molecule has 26 heavy (non-hydrogen) atoms. The SMILES string of the molecule is CCOCNC(CS)C1OC1N(CC)C1CN(C2CCCNC2)NC1Cl. The van der Waals surface area contributed by atoms with Crippen LogP contribution in [0.2, 0.25) is 0 Å². The summed E-state index contributed by atoms with van der Waals surface area (Å²) in [5, 5.41) is 9.20. The van der Waals surface area contributed by atoms with Gasteiger partial charge in [0.1, 0.15) is 17.8 Å². The summed E-state index contributed by atoms with van der Waals surface area (Å²) in [6.45, 7) is 9.40. The quantitative estimate of drug-likeness (QED) is 0.104. The number of rotatable bonds is 10. The predicted molar refractivity (Wildman–Crippen MR) is 107 cm³/mol. The maximum absolute atomic E-state index is 6.68. The Hall–Kier alpha value is 0.360. The van der Waals surface area contributed by atoms with Crippen molar-refractivity contribution in [1.29, 1.82) is 0 Å². The van der Waals surface area contributed by atoms with Gasteiger partial charge in [0, 0.05) is 37.5 Å². The first-order chi connectivity index (χ1) is 12.7. The van der Waals surface area contributed by atoms with Gasteiger partial charge in [-0.05, 0) is 32.9 Å². The summed E-state index contributed by atoms with van der Waals surface area (Å²) in [5.41, 5.74) is 3.39. The zero-order valence-corrected chi connectivity index (χ0v) is 17.5. The van der Waals surface area contributed by atoms with E-state index in [9.17, 15) is 0 Å². The number of thiol groups is 1. The molecule has 7 nitrogen and oxygen atoms in total. The third-order valence-electron chi connectivity index (χ3n) is 5.59. The van der Waals surface area contributed by atoms with Crippen molar-refractivity contribution < 1.29 is 9.47 Å². The number of hydrazine groups is 1. The molecule has 3 rings (SSSR count). The van der Waals surface area contributed by atoms with Gasteiger partial charge >= 0.3 is 0 Å². The zero-order chi connectivity index (χ0) is 18.5. The van der Waals surface area contributed by atoms with E-state index in [0.717, 1.165) is 31.9 Å². The molecule has 0 radical (unpaired) electrons. The molecule has 0 aromatic rings. The van der Waals surface area contributed by atoms with Gasteiger partial charge in [-0.3, -0.25) is 10.2 Å². The number of alkyl halides is 1. The fraction of sp³-hybridized carbons (Fsp3) is 1.00. The van der Waals surface area contributed by atoms with E-state index in [2.05, 4.69) is 45.5 Å². The molecule has 0 spiro atoms. The Labute approximate surface area is 167 Å². The van der Waals surface area contributed by atoms with Crippen LogP contribution in [0.4, 0.5) is 0 Å². The van der Waals surface area contributed by atoms with Crippen LogP contribution in [0.1, 0.15) is 26.7 Å². The Bertz CT molecular complexity index is 432. The molecule has 0 amide bonds. The lowest BCUT2D eigenvalue weighted by Crippen LogP contribution is -2.50. The van der Waals surface area contributed by atoms with Crippen LogP contribution in [0.5, 0.6) is 0 Å². The Morgan fingerprint density at radius 3 is 2.96 bits per heavy atom. The summed E-state index contributed by atoms with van der Waals surface area (Å²) in [6.07, 6.45) is 2.68. The lowest BCUT2D eigenvalue weighted by molar-refractivity contribution is 0.112. The first-order valence-corrected chi connectivity index (χ1v) is 11.0. The van der Waals surface area contributed by atoms with Gasteiger partial charge in [0.25, 0.3) is 0 Å². The molecule has 152 valence electrons. The summed E-state index contributed by atoms with van der Waals surface area (Å²) in [4.78, 5) is 2.39. The van der Waals surface area contributed by atoms with Crippen LogP contribution >= 0.6 is 24.2 Å². The highest BCUT2D eigenvalue weighted by molar-refractivity contribution is 7.80. The van der Waals surface area contributed by atoms with Gasteiger partial charge in [-0.15, -0.1) is 11.6 Å². The molecular weight excluding hydrogens is 374 g/mol. The number of nitrogens with zero attached hydrogens (tertiary/aromatic N) is 2. The second-order valence-electron chi connectivity index (χ2n) is 7.20. The minimum absolute atomic E-state index is 0.0902. The number of piperidine rings is 1. The third-order valence-corrected chi connectivity index (χ3v) is 6.37. The molecule has 0 bridgehead atoms. The van der Waals surface area contributed by atoms with Gasteiger partial charge in [-0.25, -0.2) is 10.4 Å². The van der Waals surface area contributed by atoms with Crippen molar-refractivity contribution >= 4 is 24.2 Å². The van der Waals surface area contributed by atoms with Crippen LogP contribution in [0, 0.1) is 0 Å². The van der Waals surface area contributed by atoms with Crippen molar-refractivity contribution in [3.05, 3.63) is 0 Å². The van der Waals surface area contributed by atoms with E-state index < -0.39 is 0 Å². The minimum Gasteiger partial charge on any atom is -0.367 e. The van der Waals surface area contributed by atoms with Gasteiger partial charge in [0.05, 0.1) is 12.8 Å². The molecular formula is C17H34ClN5O2S. The molecule has 0 saturated carbocycles. The molecule has 3 fully saturated rings. The van der Waals surface area contributed by atoms with Crippen LogP contribution in [0.25, 0.3) is 0 Å². The number of nitrogens with one attached hydrogen (secondary N) is 3. The summed E-state index contributed by atoms with van der Waals surface area (Å²) in [6, 6.07) is 0.944. The molecule has 0 aromatic heterocycles. The lowest BCUT2D eigenvalue weighted by atomic mass is 10.1. The fourth-order valence-electron chi connectivity index (χ4n) is 4.05. The summed E-state index contributed by atoms with van der Waals surface area (Å²) in [7, 11) is 0. The van der Waals surface area contributed by atoms with Crippen LogP contribution in [-0.4, -0.2) is 91.1 Å². The van der Waals surface area contributed by atoms with Gasteiger partial charge in [-0.1, -0.05) is 6.92 Å². The minimum atomic E-state index is -0.0902. The molecule has 9 heteroatoms. The summed E-state index contributed by atoms with van der Waals surface area (Å²) < 4.78 is 11.4. The first-order valence-electron chi connectivity index (χ1n) is 9.90. The zero-order valence-electron chi connectivity index (χ0n) is 15.9. The highest BCUT2D eigenvalue weighted by Crippen LogP contribution is 2.34. The fourth-order valence-corrected chi connectivity index (χ4v) is 4.74.